The first kappa shape index (κ1) is 13.9. The molecule has 1 amide bonds. The van der Waals surface area contributed by atoms with Crippen LogP contribution in [0.15, 0.2) is 0 Å². The highest BCUT2D eigenvalue weighted by atomic mass is 16.2. The summed E-state index contributed by atoms with van der Waals surface area (Å²) in [5.74, 6) is 2.07. The van der Waals surface area contributed by atoms with E-state index in [9.17, 15) is 4.79 Å². The zero-order chi connectivity index (χ0) is 13.3. The van der Waals surface area contributed by atoms with E-state index in [1.54, 1.807) is 6.92 Å². The second kappa shape index (κ2) is 5.22. The van der Waals surface area contributed by atoms with Crippen LogP contribution >= 0.6 is 0 Å². The molecule has 0 atom stereocenters. The summed E-state index contributed by atoms with van der Waals surface area (Å²) in [6.07, 6.45) is 9.49. The normalized spacial score (nSPS) is 35.6. The van der Waals surface area contributed by atoms with Gasteiger partial charge in [-0.1, -0.05) is 13.8 Å². The topological polar surface area (TPSA) is 20.3 Å². The van der Waals surface area contributed by atoms with Gasteiger partial charge < -0.3 is 4.90 Å². The maximum Gasteiger partial charge on any atom is 0.219 e. The van der Waals surface area contributed by atoms with Crippen molar-refractivity contribution in [2.24, 2.45) is 17.3 Å². The third-order valence-electron chi connectivity index (χ3n) is 5.31. The van der Waals surface area contributed by atoms with E-state index < -0.39 is 0 Å². The van der Waals surface area contributed by atoms with Gasteiger partial charge in [-0.05, 0) is 62.2 Å². The Morgan fingerprint density at radius 1 is 1.28 bits per heavy atom. The van der Waals surface area contributed by atoms with Crippen molar-refractivity contribution in [2.75, 3.05) is 7.05 Å². The Hall–Kier alpha value is -0.530. The molecule has 1 spiro atoms. The zero-order valence-corrected chi connectivity index (χ0v) is 12.5. The number of carbonyl (C=O) groups excluding carboxylic acids is 1. The predicted octanol–water partition coefficient (Wildman–Crippen LogP) is 3.85. The lowest BCUT2D eigenvalue weighted by Gasteiger charge is -2.53. The fourth-order valence-corrected chi connectivity index (χ4v) is 4.27. The van der Waals surface area contributed by atoms with E-state index in [0.717, 1.165) is 11.8 Å². The fraction of sp³-hybridized carbons (Fsp3) is 0.938. The molecule has 2 saturated carbocycles. The first-order valence-electron chi connectivity index (χ1n) is 7.65. The van der Waals surface area contributed by atoms with Gasteiger partial charge in [0.1, 0.15) is 0 Å². The minimum atomic E-state index is 0.224. The highest BCUT2D eigenvalue weighted by Gasteiger charge is 2.46. The van der Waals surface area contributed by atoms with Crippen LogP contribution in [0.4, 0.5) is 0 Å². The lowest BCUT2D eigenvalue weighted by molar-refractivity contribution is -0.131. The van der Waals surface area contributed by atoms with Crippen molar-refractivity contribution in [1.29, 1.82) is 0 Å². The van der Waals surface area contributed by atoms with Crippen molar-refractivity contribution in [2.45, 2.75) is 71.8 Å². The Morgan fingerprint density at radius 2 is 1.83 bits per heavy atom. The molecule has 0 unspecified atom stereocenters. The zero-order valence-electron chi connectivity index (χ0n) is 12.5. The second-order valence-corrected chi connectivity index (χ2v) is 7.26. The minimum Gasteiger partial charge on any atom is -0.343 e. The maximum atomic E-state index is 11.4. The van der Waals surface area contributed by atoms with Gasteiger partial charge >= 0.3 is 0 Å². The van der Waals surface area contributed by atoms with Crippen LogP contribution in [0, 0.1) is 17.3 Å². The quantitative estimate of drug-likeness (QED) is 0.746. The maximum absolute atomic E-state index is 11.4. The van der Waals surface area contributed by atoms with Crippen LogP contribution in [0.2, 0.25) is 0 Å². The largest absolute Gasteiger partial charge is 0.343 e. The van der Waals surface area contributed by atoms with Crippen molar-refractivity contribution in [3.63, 3.8) is 0 Å². The Morgan fingerprint density at radius 3 is 2.28 bits per heavy atom. The monoisotopic (exact) mass is 251 g/mol. The van der Waals surface area contributed by atoms with Crippen LogP contribution in [-0.2, 0) is 4.79 Å². The molecular weight excluding hydrogens is 222 g/mol. The molecule has 0 bridgehead atoms. The molecule has 0 aromatic carbocycles. The SMILES string of the molecule is CC(=O)N(C)C1CCC2(CC1)CC(CC(C)C)C2. The van der Waals surface area contributed by atoms with Gasteiger partial charge in [0, 0.05) is 20.0 Å². The van der Waals surface area contributed by atoms with Crippen molar-refractivity contribution < 1.29 is 4.79 Å². The smallest absolute Gasteiger partial charge is 0.219 e. The van der Waals surface area contributed by atoms with Crippen molar-refractivity contribution in [3.05, 3.63) is 0 Å². The summed E-state index contributed by atoms with van der Waals surface area (Å²) in [6.45, 7) is 6.36. The Labute approximate surface area is 112 Å². The van der Waals surface area contributed by atoms with E-state index in [1.165, 1.54) is 44.9 Å². The molecule has 2 fully saturated rings. The molecule has 0 aromatic heterocycles. The van der Waals surface area contributed by atoms with Gasteiger partial charge in [0.15, 0.2) is 0 Å². The molecule has 2 nitrogen and oxygen atoms in total. The molecule has 2 rings (SSSR count). The lowest BCUT2D eigenvalue weighted by Crippen LogP contribution is -2.46. The highest BCUT2D eigenvalue weighted by Crippen LogP contribution is 2.56. The van der Waals surface area contributed by atoms with E-state index in [0.29, 0.717) is 11.5 Å². The van der Waals surface area contributed by atoms with Gasteiger partial charge in [0.05, 0.1) is 0 Å². The first-order valence-corrected chi connectivity index (χ1v) is 7.65. The Balaban J connectivity index is 1.77. The van der Waals surface area contributed by atoms with Crippen molar-refractivity contribution in [3.8, 4) is 0 Å². The lowest BCUT2D eigenvalue weighted by atomic mass is 9.54. The number of nitrogens with zero attached hydrogens (tertiary/aromatic N) is 1. The standard InChI is InChI=1S/C16H29NO/c1-12(2)9-14-10-16(11-14)7-5-15(6-8-16)17(4)13(3)18/h12,14-15H,5-11H2,1-4H3. The van der Waals surface area contributed by atoms with E-state index >= 15 is 0 Å². The highest BCUT2D eigenvalue weighted by molar-refractivity contribution is 5.73. The van der Waals surface area contributed by atoms with Crippen molar-refractivity contribution in [1.82, 2.24) is 4.90 Å². The average molecular weight is 251 g/mol. The number of amides is 1. The molecule has 0 aromatic rings. The minimum absolute atomic E-state index is 0.224. The van der Waals surface area contributed by atoms with Crippen LogP contribution in [0.25, 0.3) is 0 Å². The predicted molar refractivity (Wildman–Crippen MR) is 75.3 cm³/mol. The van der Waals surface area contributed by atoms with Gasteiger partial charge in [-0.15, -0.1) is 0 Å². The Bertz CT molecular complexity index is 294. The van der Waals surface area contributed by atoms with Crippen LogP contribution in [0.3, 0.4) is 0 Å². The van der Waals surface area contributed by atoms with E-state index in [-0.39, 0.29) is 5.91 Å². The average Bonchev–Trinajstić information content (AvgIpc) is 2.26. The first-order chi connectivity index (χ1) is 8.42. The van der Waals surface area contributed by atoms with Gasteiger partial charge in [-0.2, -0.15) is 0 Å². The summed E-state index contributed by atoms with van der Waals surface area (Å²) in [5.41, 5.74) is 0.674. The molecule has 2 aliphatic carbocycles. The van der Waals surface area contributed by atoms with Gasteiger partial charge in [-0.25, -0.2) is 0 Å². The van der Waals surface area contributed by atoms with Crippen LogP contribution in [-0.4, -0.2) is 23.9 Å². The van der Waals surface area contributed by atoms with Crippen LogP contribution in [0.1, 0.15) is 65.7 Å². The molecule has 0 N–H and O–H groups in total. The summed E-state index contributed by atoms with van der Waals surface area (Å²) < 4.78 is 0. The summed E-state index contributed by atoms with van der Waals surface area (Å²) in [4.78, 5) is 13.3. The van der Waals surface area contributed by atoms with Crippen molar-refractivity contribution >= 4 is 5.91 Å². The molecule has 0 saturated heterocycles. The molecule has 18 heavy (non-hydrogen) atoms. The second-order valence-electron chi connectivity index (χ2n) is 7.26. The third kappa shape index (κ3) is 2.89. The number of carbonyl (C=O) groups is 1. The van der Waals surface area contributed by atoms with E-state index in [1.807, 2.05) is 11.9 Å². The molecule has 2 aliphatic rings. The number of hydrogen-bond donors (Lipinski definition) is 0. The molecule has 0 heterocycles. The molecule has 0 radical (unpaired) electrons. The summed E-state index contributed by atoms with van der Waals surface area (Å²) in [7, 11) is 1.97. The molecular formula is C16H29NO. The summed E-state index contributed by atoms with van der Waals surface area (Å²) >= 11 is 0. The van der Waals surface area contributed by atoms with Crippen LogP contribution in [0.5, 0.6) is 0 Å². The molecule has 2 heteroatoms. The van der Waals surface area contributed by atoms with Gasteiger partial charge in [-0.3, -0.25) is 4.79 Å². The van der Waals surface area contributed by atoms with Crippen LogP contribution < -0.4 is 0 Å². The molecule has 0 aliphatic heterocycles. The number of hydrogen-bond acceptors (Lipinski definition) is 1. The van der Waals surface area contributed by atoms with Gasteiger partial charge in [0.2, 0.25) is 5.91 Å². The summed E-state index contributed by atoms with van der Waals surface area (Å²) in [5, 5.41) is 0. The third-order valence-corrected chi connectivity index (χ3v) is 5.31. The summed E-state index contributed by atoms with van der Waals surface area (Å²) in [6, 6.07) is 0.511. The fourth-order valence-electron chi connectivity index (χ4n) is 4.27. The van der Waals surface area contributed by atoms with E-state index in [4.69, 9.17) is 0 Å². The Kier molecular flexibility index (Phi) is 4.03. The van der Waals surface area contributed by atoms with Gasteiger partial charge in [0.25, 0.3) is 0 Å². The number of rotatable bonds is 3. The molecule has 104 valence electrons. The van der Waals surface area contributed by atoms with E-state index in [2.05, 4.69) is 13.8 Å².